The Kier molecular flexibility index (Phi) is 5.59. The van der Waals surface area contributed by atoms with Crippen molar-refractivity contribution in [2.45, 2.75) is 26.0 Å². The second-order valence-corrected chi connectivity index (χ2v) is 7.66. The van der Waals surface area contributed by atoms with Crippen LogP contribution in [0.25, 0.3) is 10.6 Å². The Hall–Kier alpha value is -2.37. The first-order chi connectivity index (χ1) is 12.4. The van der Waals surface area contributed by atoms with Crippen molar-refractivity contribution in [2.24, 2.45) is 0 Å². The maximum Gasteiger partial charge on any atom is 0.263 e. The second kappa shape index (κ2) is 7.89. The average molecular weight is 387 g/mol. The molecule has 26 heavy (non-hydrogen) atoms. The van der Waals surface area contributed by atoms with E-state index in [0.717, 1.165) is 16.1 Å². The van der Waals surface area contributed by atoms with E-state index in [4.69, 9.17) is 16.3 Å². The number of carbonyl (C=O) groups excluding carboxylic acids is 1. The summed E-state index contributed by atoms with van der Waals surface area (Å²) < 4.78 is 5.81. The predicted octanol–water partition coefficient (Wildman–Crippen LogP) is 4.94. The van der Waals surface area contributed by atoms with Crippen LogP contribution in [0.4, 0.5) is 0 Å². The number of aromatic nitrogens is 1. The second-order valence-electron chi connectivity index (χ2n) is 6.28. The fourth-order valence-corrected chi connectivity index (χ4v) is 3.20. The lowest BCUT2D eigenvalue weighted by atomic mass is 10.1. The third kappa shape index (κ3) is 4.62. The molecule has 0 radical (unpaired) electrons. The summed E-state index contributed by atoms with van der Waals surface area (Å²) in [7, 11) is 0. The van der Waals surface area contributed by atoms with E-state index in [0.29, 0.717) is 17.3 Å². The van der Waals surface area contributed by atoms with Gasteiger partial charge in [0, 0.05) is 17.8 Å². The van der Waals surface area contributed by atoms with Crippen molar-refractivity contribution in [2.75, 3.05) is 0 Å². The quantitative estimate of drug-likeness (QED) is 0.653. The van der Waals surface area contributed by atoms with Crippen LogP contribution in [-0.4, -0.2) is 16.5 Å². The van der Waals surface area contributed by atoms with Crippen LogP contribution in [0.15, 0.2) is 60.1 Å². The molecule has 0 unspecified atom stereocenters. The fourth-order valence-electron chi connectivity index (χ4n) is 2.38. The first-order valence-corrected chi connectivity index (χ1v) is 9.41. The van der Waals surface area contributed by atoms with Crippen LogP contribution in [-0.2, 0) is 11.3 Å². The number of benzene rings is 1. The van der Waals surface area contributed by atoms with Gasteiger partial charge in [0.1, 0.15) is 5.75 Å². The highest BCUT2D eigenvalue weighted by molar-refractivity contribution is 7.13. The fraction of sp³-hybridized carbons (Fsp3) is 0.200. The molecule has 0 saturated heterocycles. The van der Waals surface area contributed by atoms with E-state index < -0.39 is 5.60 Å². The molecule has 1 aromatic carbocycles. The number of nitrogens with one attached hydrogen (secondary N) is 1. The van der Waals surface area contributed by atoms with Gasteiger partial charge in [-0.2, -0.15) is 0 Å². The Labute approximate surface area is 161 Å². The summed E-state index contributed by atoms with van der Waals surface area (Å²) in [4.78, 5) is 18.0. The Bertz CT molecular complexity index is 877. The number of hydrogen-bond acceptors (Lipinski definition) is 4. The van der Waals surface area contributed by atoms with Crippen LogP contribution in [0, 0.1) is 0 Å². The molecule has 2 aromatic heterocycles. The van der Waals surface area contributed by atoms with E-state index in [1.807, 2.05) is 29.6 Å². The molecular weight excluding hydrogens is 368 g/mol. The molecular formula is C20H19ClN2O2S. The number of carbonyl (C=O) groups is 1. The highest BCUT2D eigenvalue weighted by Gasteiger charge is 2.29. The molecule has 0 aliphatic heterocycles. The summed E-state index contributed by atoms with van der Waals surface area (Å²) in [6.45, 7) is 3.88. The molecule has 0 saturated carbocycles. The molecule has 1 amide bonds. The van der Waals surface area contributed by atoms with Crippen molar-refractivity contribution < 1.29 is 9.53 Å². The largest absolute Gasteiger partial charge is 0.478 e. The number of halogens is 1. The van der Waals surface area contributed by atoms with Crippen LogP contribution < -0.4 is 10.1 Å². The van der Waals surface area contributed by atoms with Crippen LogP contribution in [0.1, 0.15) is 19.4 Å². The number of hydrogen-bond donors (Lipinski definition) is 1. The summed E-state index contributed by atoms with van der Waals surface area (Å²) in [5, 5.41) is 5.57. The monoisotopic (exact) mass is 386 g/mol. The lowest BCUT2D eigenvalue weighted by Gasteiger charge is -2.25. The number of thiophene rings is 1. The van der Waals surface area contributed by atoms with Gasteiger partial charge in [0.25, 0.3) is 5.91 Å². The minimum atomic E-state index is -1.00. The summed E-state index contributed by atoms with van der Waals surface area (Å²) in [5.41, 5.74) is 0.889. The average Bonchev–Trinajstić information content (AvgIpc) is 3.16. The van der Waals surface area contributed by atoms with Crippen molar-refractivity contribution in [1.29, 1.82) is 0 Å². The standard InChI is InChI=1S/C20H19ClN2O2S/c1-20(2,25-16-7-5-15(21)6-8-16)19(24)23-13-14-9-10-22-17(12-14)18-4-3-11-26-18/h3-12H,13H2,1-2H3,(H,23,24). The van der Waals surface area contributed by atoms with E-state index in [1.54, 1.807) is 55.6 Å². The molecule has 1 N–H and O–H groups in total. The van der Waals surface area contributed by atoms with Gasteiger partial charge in [-0.05, 0) is 67.3 Å². The van der Waals surface area contributed by atoms with Gasteiger partial charge < -0.3 is 10.1 Å². The molecule has 0 spiro atoms. The number of nitrogens with zero attached hydrogens (tertiary/aromatic N) is 1. The SMILES string of the molecule is CC(C)(Oc1ccc(Cl)cc1)C(=O)NCc1ccnc(-c2cccs2)c1. The normalized spacial score (nSPS) is 11.2. The first-order valence-electron chi connectivity index (χ1n) is 8.16. The lowest BCUT2D eigenvalue weighted by molar-refractivity contribution is -0.134. The van der Waals surface area contributed by atoms with Gasteiger partial charge in [-0.25, -0.2) is 0 Å². The summed E-state index contributed by atoms with van der Waals surface area (Å²) >= 11 is 7.51. The summed E-state index contributed by atoms with van der Waals surface area (Å²) in [6.07, 6.45) is 1.76. The van der Waals surface area contributed by atoms with Crippen LogP contribution in [0.2, 0.25) is 5.02 Å². The number of amides is 1. The van der Waals surface area contributed by atoms with E-state index in [9.17, 15) is 4.79 Å². The van der Waals surface area contributed by atoms with Gasteiger partial charge in [-0.3, -0.25) is 9.78 Å². The van der Waals surface area contributed by atoms with Crippen LogP contribution in [0.3, 0.4) is 0 Å². The first kappa shape index (κ1) is 18.4. The van der Waals surface area contributed by atoms with Gasteiger partial charge in [0.2, 0.25) is 0 Å². The molecule has 0 aliphatic rings. The Morgan fingerprint density at radius 1 is 1.23 bits per heavy atom. The zero-order chi connectivity index (χ0) is 18.6. The molecule has 0 atom stereocenters. The van der Waals surface area contributed by atoms with Crippen molar-refractivity contribution in [3.63, 3.8) is 0 Å². The summed E-state index contributed by atoms with van der Waals surface area (Å²) in [6, 6.07) is 14.8. The smallest absolute Gasteiger partial charge is 0.263 e. The van der Waals surface area contributed by atoms with E-state index >= 15 is 0 Å². The van der Waals surface area contributed by atoms with Gasteiger partial charge in [0.05, 0.1) is 10.6 Å². The topological polar surface area (TPSA) is 51.2 Å². The Morgan fingerprint density at radius 3 is 2.69 bits per heavy atom. The molecule has 0 fully saturated rings. The molecule has 6 heteroatoms. The zero-order valence-electron chi connectivity index (χ0n) is 14.5. The minimum Gasteiger partial charge on any atom is -0.478 e. The van der Waals surface area contributed by atoms with Crippen LogP contribution >= 0.6 is 22.9 Å². The molecule has 4 nitrogen and oxygen atoms in total. The zero-order valence-corrected chi connectivity index (χ0v) is 16.1. The maximum absolute atomic E-state index is 12.5. The van der Waals surface area contributed by atoms with Gasteiger partial charge >= 0.3 is 0 Å². The summed E-state index contributed by atoms with van der Waals surface area (Å²) in [5.74, 6) is 0.403. The van der Waals surface area contributed by atoms with Gasteiger partial charge in [-0.1, -0.05) is 17.7 Å². The number of ether oxygens (including phenoxy) is 1. The third-order valence-electron chi connectivity index (χ3n) is 3.78. The molecule has 2 heterocycles. The van der Waals surface area contributed by atoms with Gasteiger partial charge in [0.15, 0.2) is 5.60 Å². The number of pyridine rings is 1. The molecule has 134 valence electrons. The maximum atomic E-state index is 12.5. The molecule has 0 bridgehead atoms. The van der Waals surface area contributed by atoms with E-state index in [2.05, 4.69) is 10.3 Å². The molecule has 3 rings (SSSR count). The Morgan fingerprint density at radius 2 is 2.00 bits per heavy atom. The van der Waals surface area contributed by atoms with Crippen molar-refractivity contribution in [1.82, 2.24) is 10.3 Å². The predicted molar refractivity (Wildman–Crippen MR) is 106 cm³/mol. The van der Waals surface area contributed by atoms with Crippen LogP contribution in [0.5, 0.6) is 5.75 Å². The van der Waals surface area contributed by atoms with Crippen molar-refractivity contribution >= 4 is 28.8 Å². The van der Waals surface area contributed by atoms with E-state index in [1.165, 1.54) is 0 Å². The highest BCUT2D eigenvalue weighted by atomic mass is 35.5. The highest BCUT2D eigenvalue weighted by Crippen LogP contribution is 2.23. The van der Waals surface area contributed by atoms with Crippen molar-refractivity contribution in [3.8, 4) is 16.3 Å². The van der Waals surface area contributed by atoms with Gasteiger partial charge in [-0.15, -0.1) is 11.3 Å². The van der Waals surface area contributed by atoms with Crippen molar-refractivity contribution in [3.05, 3.63) is 70.7 Å². The Balaban J connectivity index is 1.62. The third-order valence-corrected chi connectivity index (χ3v) is 4.93. The molecule has 0 aliphatic carbocycles. The minimum absolute atomic E-state index is 0.193. The molecule has 3 aromatic rings. The van der Waals surface area contributed by atoms with E-state index in [-0.39, 0.29) is 5.91 Å². The number of rotatable bonds is 6. The lowest BCUT2D eigenvalue weighted by Crippen LogP contribution is -2.46.